The molecule has 2 aliphatic heterocycles. The third-order valence-electron chi connectivity index (χ3n) is 11.6. The van der Waals surface area contributed by atoms with Crippen LogP contribution in [0.3, 0.4) is 0 Å². The van der Waals surface area contributed by atoms with E-state index in [0.29, 0.717) is 23.0 Å². The van der Waals surface area contributed by atoms with E-state index in [1.54, 1.807) is 7.11 Å². The van der Waals surface area contributed by atoms with Crippen LogP contribution in [-0.2, 0) is 11.3 Å². The zero-order valence-electron chi connectivity index (χ0n) is 26.3. The number of aryl methyl sites for hydroxylation is 1. The fourth-order valence-corrected chi connectivity index (χ4v) is 8.80. The molecule has 4 saturated carbocycles. The van der Waals surface area contributed by atoms with Gasteiger partial charge in [-0.05, 0) is 101 Å². The quantitative estimate of drug-likeness (QED) is 0.298. The lowest BCUT2D eigenvalue weighted by Gasteiger charge is -2.60. The summed E-state index contributed by atoms with van der Waals surface area (Å²) in [4.78, 5) is 39.1. The van der Waals surface area contributed by atoms with Crippen molar-refractivity contribution in [2.75, 3.05) is 7.11 Å². The molecule has 0 unspecified atom stereocenters. The van der Waals surface area contributed by atoms with E-state index in [1.807, 2.05) is 34.4 Å². The molecule has 4 aromatic heterocycles. The molecule has 0 aromatic carbocycles. The third kappa shape index (κ3) is 4.03. The molecule has 2 amide bonds. The van der Waals surface area contributed by atoms with Gasteiger partial charge in [-0.25, -0.2) is 9.97 Å². The number of carbonyl (C=O) groups is 2. The lowest BCUT2D eigenvalue weighted by Crippen LogP contribution is -2.60. The summed E-state index contributed by atoms with van der Waals surface area (Å²) in [5, 5.41) is 4.31. The number of fused-ring (bicyclic) bond motifs is 4. The van der Waals surface area contributed by atoms with Crippen molar-refractivity contribution in [3.63, 3.8) is 0 Å². The number of rotatable bonds is 8. The Kier molecular flexibility index (Phi) is 5.81. The first kappa shape index (κ1) is 27.4. The number of nitrogens with two attached hydrogens (primary N) is 1. The SMILES string of the molecule is COc1cc(C(=O)N2[C@H]3CC[C@@H]2[C@H](N)C3)cc2nc(-c3cc4ccc([C@@H](C)NC(=O)C56CC(C5)C6)nc4n3CC3CC3)c(C)n12. The number of ether oxygens (including phenoxy) is 1. The first-order valence-electron chi connectivity index (χ1n) is 16.7. The maximum atomic E-state index is 13.8. The van der Waals surface area contributed by atoms with Crippen LogP contribution in [-0.4, -0.2) is 60.9 Å². The van der Waals surface area contributed by atoms with Gasteiger partial charge in [-0.3, -0.25) is 14.0 Å². The fourth-order valence-electron chi connectivity index (χ4n) is 8.80. The average Bonchev–Trinajstić information content (AvgIpc) is 3.30. The van der Waals surface area contributed by atoms with Crippen molar-refractivity contribution >= 4 is 28.5 Å². The smallest absolute Gasteiger partial charge is 0.254 e. The zero-order valence-corrected chi connectivity index (χ0v) is 26.3. The molecular formula is C35H41N7O3. The van der Waals surface area contributed by atoms with E-state index < -0.39 is 0 Å². The minimum absolute atomic E-state index is 0.00766. The zero-order chi connectivity index (χ0) is 30.8. The molecule has 0 radical (unpaired) electrons. The third-order valence-corrected chi connectivity index (χ3v) is 11.6. The van der Waals surface area contributed by atoms with E-state index in [9.17, 15) is 9.59 Å². The number of nitrogens with one attached hydrogen (secondary N) is 1. The predicted octanol–water partition coefficient (Wildman–Crippen LogP) is 4.76. The lowest BCUT2D eigenvalue weighted by atomic mass is 9.44. The van der Waals surface area contributed by atoms with Crippen LogP contribution in [0.25, 0.3) is 28.1 Å². The summed E-state index contributed by atoms with van der Waals surface area (Å²) in [5.74, 6) is 2.15. The fraction of sp³-hybridized carbons (Fsp3) is 0.543. The molecule has 6 aliphatic rings. The summed E-state index contributed by atoms with van der Waals surface area (Å²) >= 11 is 0. The average molecular weight is 608 g/mol. The molecule has 3 N–H and O–H groups in total. The molecule has 10 heteroatoms. The Balaban J connectivity index is 1.10. The Bertz CT molecular complexity index is 1890. The van der Waals surface area contributed by atoms with Crippen molar-refractivity contribution < 1.29 is 14.3 Å². The number of imidazole rings is 1. The number of carbonyl (C=O) groups excluding carboxylic acids is 2. The number of pyridine rings is 2. The highest BCUT2D eigenvalue weighted by atomic mass is 16.5. The minimum atomic E-state index is -0.166. The molecule has 10 nitrogen and oxygen atoms in total. The molecule has 6 fully saturated rings. The Morgan fingerprint density at radius 1 is 1.11 bits per heavy atom. The maximum absolute atomic E-state index is 13.8. The van der Waals surface area contributed by atoms with Crippen LogP contribution in [0.15, 0.2) is 30.3 Å². The maximum Gasteiger partial charge on any atom is 0.254 e. The summed E-state index contributed by atoms with van der Waals surface area (Å²) in [5.41, 5.74) is 12.1. The molecule has 4 bridgehead atoms. The van der Waals surface area contributed by atoms with E-state index in [-0.39, 0.29) is 41.4 Å². The summed E-state index contributed by atoms with van der Waals surface area (Å²) in [7, 11) is 1.64. The minimum Gasteiger partial charge on any atom is -0.482 e. The molecule has 6 heterocycles. The highest BCUT2D eigenvalue weighted by Gasteiger charge is 2.61. The molecule has 0 spiro atoms. The van der Waals surface area contributed by atoms with Crippen molar-refractivity contribution in [2.45, 2.75) is 95.9 Å². The standard InChI is InChI=1S/C35H41N7O3/c1-18(37-34(44)35-14-21(15-35)16-35)26-8-6-22-10-28(40(32(22)38-26)17-20-4-5-20)31-19(2)41-29(39-31)11-23(12-30(41)45-3)33(43)42-24-7-9-27(42)25(36)13-24/h6,8,10-12,18,20-21,24-25,27H,4-5,7,9,13-17,36H2,1-3H3,(H,37,44)/t18-,21?,24+,25-,27-,35?/m1/s1. The van der Waals surface area contributed by atoms with Gasteiger partial charge in [0.15, 0.2) is 5.88 Å². The highest BCUT2D eigenvalue weighted by molar-refractivity contribution is 5.97. The molecule has 234 valence electrons. The van der Waals surface area contributed by atoms with Crippen LogP contribution in [0.4, 0.5) is 0 Å². The van der Waals surface area contributed by atoms with E-state index in [2.05, 4.69) is 28.9 Å². The highest BCUT2D eigenvalue weighted by Crippen LogP contribution is 2.64. The molecule has 45 heavy (non-hydrogen) atoms. The number of amides is 2. The Hall–Kier alpha value is -3.92. The van der Waals surface area contributed by atoms with Crippen molar-refractivity contribution in [2.24, 2.45) is 23.0 Å². The topological polar surface area (TPSA) is 120 Å². The Morgan fingerprint density at radius 2 is 1.91 bits per heavy atom. The van der Waals surface area contributed by atoms with Gasteiger partial charge in [0.1, 0.15) is 17.0 Å². The first-order valence-corrected chi connectivity index (χ1v) is 16.7. The number of aromatic nitrogens is 4. The second kappa shape index (κ2) is 9.55. The van der Waals surface area contributed by atoms with Crippen molar-refractivity contribution in [1.29, 1.82) is 0 Å². The van der Waals surface area contributed by atoms with Crippen LogP contribution in [0.5, 0.6) is 5.88 Å². The molecule has 2 saturated heterocycles. The van der Waals surface area contributed by atoms with Crippen LogP contribution in [0, 0.1) is 24.2 Å². The predicted molar refractivity (Wildman–Crippen MR) is 170 cm³/mol. The van der Waals surface area contributed by atoms with E-state index in [1.165, 1.54) is 12.8 Å². The molecule has 4 aliphatic carbocycles. The van der Waals surface area contributed by atoms with Gasteiger partial charge in [0.25, 0.3) is 5.91 Å². The van der Waals surface area contributed by atoms with Gasteiger partial charge in [0, 0.05) is 47.1 Å². The summed E-state index contributed by atoms with van der Waals surface area (Å²) in [6.07, 6.45) is 8.39. The number of hydrogen-bond acceptors (Lipinski definition) is 6. The number of methoxy groups -OCH3 is 1. The summed E-state index contributed by atoms with van der Waals surface area (Å²) in [6.45, 7) is 4.96. The Labute approximate surface area is 262 Å². The molecule has 10 rings (SSSR count). The van der Waals surface area contributed by atoms with Crippen LogP contribution in [0.2, 0.25) is 0 Å². The van der Waals surface area contributed by atoms with Gasteiger partial charge < -0.3 is 25.3 Å². The largest absolute Gasteiger partial charge is 0.482 e. The van der Waals surface area contributed by atoms with E-state index in [4.69, 9.17) is 20.4 Å². The van der Waals surface area contributed by atoms with Gasteiger partial charge in [0.05, 0.1) is 30.2 Å². The van der Waals surface area contributed by atoms with E-state index >= 15 is 0 Å². The normalized spacial score (nSPS) is 28.8. The van der Waals surface area contributed by atoms with E-state index in [0.717, 1.165) is 84.8 Å². The summed E-state index contributed by atoms with van der Waals surface area (Å²) in [6, 6.07) is 10.3. The van der Waals surface area contributed by atoms with Crippen LogP contribution >= 0.6 is 0 Å². The van der Waals surface area contributed by atoms with Crippen LogP contribution < -0.4 is 15.8 Å². The van der Waals surface area contributed by atoms with Crippen molar-refractivity contribution in [3.8, 4) is 17.3 Å². The molecule has 4 aromatic rings. The van der Waals surface area contributed by atoms with Crippen molar-refractivity contribution in [3.05, 3.63) is 47.3 Å². The monoisotopic (exact) mass is 607 g/mol. The Morgan fingerprint density at radius 3 is 2.56 bits per heavy atom. The van der Waals surface area contributed by atoms with Gasteiger partial charge in [-0.15, -0.1) is 0 Å². The molecule has 4 atom stereocenters. The van der Waals surface area contributed by atoms with Gasteiger partial charge >= 0.3 is 0 Å². The second-order valence-corrected chi connectivity index (χ2v) is 14.6. The summed E-state index contributed by atoms with van der Waals surface area (Å²) < 4.78 is 10.2. The number of nitrogens with zero attached hydrogens (tertiary/aromatic N) is 5. The lowest BCUT2D eigenvalue weighted by molar-refractivity contribution is -0.165. The molecular weight excluding hydrogens is 566 g/mol. The van der Waals surface area contributed by atoms with Gasteiger partial charge in [0.2, 0.25) is 5.91 Å². The van der Waals surface area contributed by atoms with Crippen LogP contribution in [0.1, 0.15) is 86.1 Å². The van der Waals surface area contributed by atoms with Gasteiger partial charge in [-0.1, -0.05) is 0 Å². The second-order valence-electron chi connectivity index (χ2n) is 14.6. The van der Waals surface area contributed by atoms with Gasteiger partial charge in [-0.2, -0.15) is 0 Å². The first-order chi connectivity index (χ1) is 21.7. The van der Waals surface area contributed by atoms with Crippen molar-refractivity contribution in [1.82, 2.24) is 29.2 Å². The number of hydrogen-bond donors (Lipinski definition) is 2.